The Hall–Kier alpha value is -1.51. The number of para-hydroxylation sites is 1. The lowest BCUT2D eigenvalue weighted by Gasteiger charge is -2.22. The summed E-state index contributed by atoms with van der Waals surface area (Å²) < 4.78 is 10.1. The molecule has 1 aliphatic heterocycles. The molecular weight excluding hydrogens is 156 g/mol. The van der Waals surface area contributed by atoms with Gasteiger partial charge in [0.05, 0.1) is 0 Å². The highest BCUT2D eigenvalue weighted by Gasteiger charge is 2.23. The Kier molecular flexibility index (Phi) is 1.50. The first kappa shape index (κ1) is 7.16. The average molecular weight is 164 g/mol. The molecule has 0 aliphatic carbocycles. The first-order chi connectivity index (χ1) is 5.77. The van der Waals surface area contributed by atoms with Gasteiger partial charge in [0.15, 0.2) is 0 Å². The van der Waals surface area contributed by atoms with Gasteiger partial charge in [0.25, 0.3) is 0 Å². The molecule has 1 aliphatic rings. The molecule has 0 N–H and O–H groups in total. The Bertz CT molecular complexity index is 319. The van der Waals surface area contributed by atoms with E-state index in [9.17, 15) is 4.79 Å². The lowest BCUT2D eigenvalue weighted by atomic mass is 10.2. The van der Waals surface area contributed by atoms with Crippen LogP contribution in [-0.2, 0) is 4.74 Å². The second kappa shape index (κ2) is 2.52. The zero-order valence-electron chi connectivity index (χ0n) is 6.61. The van der Waals surface area contributed by atoms with Gasteiger partial charge in [0, 0.05) is 6.92 Å². The van der Waals surface area contributed by atoms with E-state index in [1.54, 1.807) is 25.1 Å². The molecule has 12 heavy (non-hydrogen) atoms. The van der Waals surface area contributed by atoms with Crippen LogP contribution in [0.25, 0.3) is 0 Å². The molecule has 0 spiro atoms. The van der Waals surface area contributed by atoms with Crippen molar-refractivity contribution in [2.45, 2.75) is 13.2 Å². The van der Waals surface area contributed by atoms with Crippen molar-refractivity contribution in [1.82, 2.24) is 0 Å². The summed E-state index contributed by atoms with van der Waals surface area (Å²) in [6, 6.07) is 7.04. The van der Waals surface area contributed by atoms with Crippen molar-refractivity contribution >= 4 is 5.97 Å². The van der Waals surface area contributed by atoms with Crippen molar-refractivity contribution in [1.29, 1.82) is 0 Å². The van der Waals surface area contributed by atoms with Crippen LogP contribution in [-0.4, -0.2) is 12.3 Å². The molecule has 1 heterocycles. The van der Waals surface area contributed by atoms with Crippen LogP contribution in [0.1, 0.15) is 17.3 Å². The third-order valence-electron chi connectivity index (χ3n) is 1.67. The number of hydrogen-bond donors (Lipinski definition) is 0. The number of hydrogen-bond acceptors (Lipinski definition) is 3. The fraction of sp³-hybridized carbons (Fsp3) is 0.222. The van der Waals surface area contributed by atoms with E-state index in [0.717, 1.165) is 0 Å². The Morgan fingerprint density at radius 3 is 2.83 bits per heavy atom. The zero-order valence-corrected chi connectivity index (χ0v) is 6.61. The summed E-state index contributed by atoms with van der Waals surface area (Å²) in [6.45, 7) is 1.69. The van der Waals surface area contributed by atoms with Crippen molar-refractivity contribution in [3.63, 3.8) is 0 Å². The molecule has 0 bridgehead atoms. The molecule has 1 atom stereocenters. The molecule has 0 saturated heterocycles. The van der Waals surface area contributed by atoms with Gasteiger partial charge in [-0.15, -0.1) is 0 Å². The van der Waals surface area contributed by atoms with Gasteiger partial charge >= 0.3 is 5.97 Å². The van der Waals surface area contributed by atoms with Gasteiger partial charge in [-0.05, 0) is 12.1 Å². The third kappa shape index (κ3) is 1.03. The number of benzene rings is 1. The fourth-order valence-corrected chi connectivity index (χ4v) is 1.16. The van der Waals surface area contributed by atoms with Crippen LogP contribution in [0.15, 0.2) is 24.3 Å². The summed E-state index contributed by atoms with van der Waals surface area (Å²) in [7, 11) is 0. The lowest BCUT2D eigenvalue weighted by Crippen LogP contribution is -2.26. The number of ether oxygens (including phenoxy) is 2. The van der Waals surface area contributed by atoms with Crippen molar-refractivity contribution in [2.75, 3.05) is 0 Å². The topological polar surface area (TPSA) is 35.5 Å². The van der Waals surface area contributed by atoms with E-state index in [4.69, 9.17) is 9.47 Å². The van der Waals surface area contributed by atoms with Gasteiger partial charge in [-0.2, -0.15) is 0 Å². The lowest BCUT2D eigenvalue weighted by molar-refractivity contribution is -0.0488. The molecule has 0 radical (unpaired) electrons. The Morgan fingerprint density at radius 2 is 2.00 bits per heavy atom. The van der Waals surface area contributed by atoms with Gasteiger partial charge in [-0.1, -0.05) is 12.1 Å². The maximum atomic E-state index is 11.2. The van der Waals surface area contributed by atoms with Gasteiger partial charge in [-0.25, -0.2) is 4.79 Å². The van der Waals surface area contributed by atoms with Crippen molar-refractivity contribution < 1.29 is 14.3 Å². The van der Waals surface area contributed by atoms with Crippen molar-refractivity contribution in [3.8, 4) is 5.75 Å². The Morgan fingerprint density at radius 1 is 1.25 bits per heavy atom. The standard InChI is InChI=1S/C9H8O3/c1-6-11-8-5-3-2-4-7(8)9(10)12-6/h2-6H,1H3/t6-/m0/s1. The van der Waals surface area contributed by atoms with E-state index in [2.05, 4.69) is 0 Å². The average Bonchev–Trinajstić information content (AvgIpc) is 2.04. The van der Waals surface area contributed by atoms with E-state index in [1.807, 2.05) is 6.07 Å². The Labute approximate surface area is 69.9 Å². The monoisotopic (exact) mass is 164 g/mol. The number of rotatable bonds is 0. The molecular formula is C9H8O3. The minimum absolute atomic E-state index is 0.315. The molecule has 0 amide bonds. The number of carbonyl (C=O) groups excluding carboxylic acids is 1. The molecule has 3 heteroatoms. The molecule has 62 valence electrons. The smallest absolute Gasteiger partial charge is 0.344 e. The molecule has 0 aromatic heterocycles. The summed E-state index contributed by atoms with van der Waals surface area (Å²) >= 11 is 0. The quantitative estimate of drug-likeness (QED) is 0.546. The molecule has 1 aromatic rings. The van der Waals surface area contributed by atoms with Crippen molar-refractivity contribution in [2.24, 2.45) is 0 Å². The Balaban J connectivity index is 2.47. The van der Waals surface area contributed by atoms with E-state index < -0.39 is 6.29 Å². The number of fused-ring (bicyclic) bond motifs is 1. The first-order valence-electron chi connectivity index (χ1n) is 3.74. The van der Waals surface area contributed by atoms with Crippen LogP contribution in [0.2, 0.25) is 0 Å². The SMILES string of the molecule is C[C@@H]1OC(=O)c2ccccc2O1. The molecule has 2 rings (SSSR count). The highest BCUT2D eigenvalue weighted by molar-refractivity contribution is 5.93. The molecule has 0 unspecified atom stereocenters. The predicted octanol–water partition coefficient (Wildman–Crippen LogP) is 1.58. The summed E-state index contributed by atoms with van der Waals surface area (Å²) in [6.07, 6.45) is -0.479. The summed E-state index contributed by atoms with van der Waals surface area (Å²) in [5.74, 6) is 0.283. The second-order valence-electron chi connectivity index (χ2n) is 2.59. The van der Waals surface area contributed by atoms with E-state index in [-0.39, 0.29) is 5.97 Å². The van der Waals surface area contributed by atoms with Crippen LogP contribution in [0.4, 0.5) is 0 Å². The van der Waals surface area contributed by atoms with Gasteiger partial charge in [-0.3, -0.25) is 0 Å². The largest absolute Gasteiger partial charge is 0.454 e. The van der Waals surface area contributed by atoms with Gasteiger partial charge < -0.3 is 9.47 Å². The molecule has 0 fully saturated rings. The van der Waals surface area contributed by atoms with Crippen LogP contribution in [0.3, 0.4) is 0 Å². The van der Waals surface area contributed by atoms with Crippen LogP contribution < -0.4 is 4.74 Å². The maximum Gasteiger partial charge on any atom is 0.344 e. The van der Waals surface area contributed by atoms with Gasteiger partial charge in [0.1, 0.15) is 11.3 Å². The zero-order chi connectivity index (χ0) is 8.55. The van der Waals surface area contributed by atoms with E-state index in [1.165, 1.54) is 0 Å². The van der Waals surface area contributed by atoms with Crippen LogP contribution in [0, 0.1) is 0 Å². The normalized spacial score (nSPS) is 20.8. The fourth-order valence-electron chi connectivity index (χ4n) is 1.16. The third-order valence-corrected chi connectivity index (χ3v) is 1.67. The van der Waals surface area contributed by atoms with E-state index >= 15 is 0 Å². The highest BCUT2D eigenvalue weighted by atomic mass is 16.7. The number of cyclic esters (lactones) is 1. The molecule has 3 nitrogen and oxygen atoms in total. The second-order valence-corrected chi connectivity index (χ2v) is 2.59. The highest BCUT2D eigenvalue weighted by Crippen LogP contribution is 2.24. The van der Waals surface area contributed by atoms with Crippen LogP contribution >= 0.6 is 0 Å². The molecule has 1 aromatic carbocycles. The first-order valence-corrected chi connectivity index (χ1v) is 3.74. The minimum atomic E-state index is -0.479. The summed E-state index contributed by atoms with van der Waals surface area (Å²) in [4.78, 5) is 11.2. The number of carbonyl (C=O) groups is 1. The maximum absolute atomic E-state index is 11.2. The molecule has 0 saturated carbocycles. The summed E-state index contributed by atoms with van der Waals surface area (Å²) in [5.41, 5.74) is 0.496. The van der Waals surface area contributed by atoms with E-state index in [0.29, 0.717) is 11.3 Å². The minimum Gasteiger partial charge on any atom is -0.454 e. The predicted molar refractivity (Wildman–Crippen MR) is 41.9 cm³/mol. The summed E-state index contributed by atoms with van der Waals surface area (Å²) in [5, 5.41) is 0. The van der Waals surface area contributed by atoms with Crippen LogP contribution in [0.5, 0.6) is 5.75 Å². The number of esters is 1. The van der Waals surface area contributed by atoms with Gasteiger partial charge in [0.2, 0.25) is 6.29 Å². The van der Waals surface area contributed by atoms with Crippen molar-refractivity contribution in [3.05, 3.63) is 29.8 Å².